The Hall–Kier alpha value is -0.240. The van der Waals surface area contributed by atoms with Crippen LogP contribution in [0.25, 0.3) is 0 Å². The first-order chi connectivity index (χ1) is 15.5. The standard InChI is InChI=1S/C27H45NO5/c1-14-4-5-23-26(3,32)24-16(13-28(23)12-14)17-9-18-19(27(17,33)11-22(24)31)10-21(30)20-8-15(29)6-7-25(18,20)2/h14-24,29-33H,4-13H2,1-3H3/t14-,15-,16-,17-,18-,19+,20+,21-,22-,23+,24+,25+,26-,27-/m0/s1. The summed E-state index contributed by atoms with van der Waals surface area (Å²) in [7, 11) is 0. The summed E-state index contributed by atoms with van der Waals surface area (Å²) in [5.74, 6) is 0.855. The predicted molar refractivity (Wildman–Crippen MR) is 124 cm³/mol. The molecule has 0 amide bonds. The first kappa shape index (κ1) is 23.2. The van der Waals surface area contributed by atoms with Crippen molar-refractivity contribution in [3.8, 4) is 0 Å². The molecule has 0 spiro atoms. The molecule has 0 bridgehead atoms. The molecule has 2 heterocycles. The first-order valence-corrected chi connectivity index (χ1v) is 13.7. The molecule has 2 aliphatic heterocycles. The minimum atomic E-state index is -0.986. The van der Waals surface area contributed by atoms with Gasteiger partial charge in [0.05, 0.1) is 29.5 Å². The van der Waals surface area contributed by atoms with Gasteiger partial charge < -0.3 is 25.5 Å². The first-order valence-electron chi connectivity index (χ1n) is 13.7. The Morgan fingerprint density at radius 1 is 0.788 bits per heavy atom. The van der Waals surface area contributed by atoms with Crippen LogP contribution in [0.3, 0.4) is 0 Å². The van der Waals surface area contributed by atoms with Crippen molar-refractivity contribution in [2.24, 2.45) is 46.8 Å². The Labute approximate surface area is 198 Å². The zero-order chi connectivity index (χ0) is 23.5. The fourth-order valence-corrected chi connectivity index (χ4v) is 10.7. The van der Waals surface area contributed by atoms with Crippen LogP contribution in [0.2, 0.25) is 0 Å². The Morgan fingerprint density at radius 3 is 2.30 bits per heavy atom. The SMILES string of the molecule is C[C@H]1CC[C@H]2N(C1)C[C@@H]1[C@H]([C@@H](O)C[C@@]3(O)[C@@H]4C[C@H](O)[C@H]5C[C@@H](O)CC[C@]5(C)[C@H]4C[C@@H]13)[C@@]2(C)O. The quantitative estimate of drug-likeness (QED) is 0.375. The van der Waals surface area contributed by atoms with Crippen molar-refractivity contribution < 1.29 is 25.5 Å². The number of hydrogen-bond donors (Lipinski definition) is 5. The fourth-order valence-electron chi connectivity index (χ4n) is 10.7. The minimum absolute atomic E-state index is 0.0208. The topological polar surface area (TPSA) is 104 Å². The molecule has 0 aromatic carbocycles. The molecule has 6 aliphatic rings. The van der Waals surface area contributed by atoms with E-state index in [0.717, 1.165) is 45.2 Å². The smallest absolute Gasteiger partial charge is 0.0830 e. The molecule has 4 aliphatic carbocycles. The Bertz CT molecular complexity index is 790. The predicted octanol–water partition coefficient (Wildman–Crippen LogP) is 1.76. The van der Waals surface area contributed by atoms with Crippen LogP contribution in [0.5, 0.6) is 0 Å². The van der Waals surface area contributed by atoms with Gasteiger partial charge in [-0.15, -0.1) is 0 Å². The third-order valence-electron chi connectivity index (χ3n) is 12.1. The number of piperidine rings is 2. The van der Waals surface area contributed by atoms with Gasteiger partial charge in [0.25, 0.3) is 0 Å². The van der Waals surface area contributed by atoms with E-state index in [-0.39, 0.29) is 47.2 Å². The molecular weight excluding hydrogens is 418 g/mol. The molecule has 6 fully saturated rings. The molecule has 0 unspecified atom stereocenters. The van der Waals surface area contributed by atoms with E-state index < -0.39 is 23.4 Å². The molecule has 0 aromatic rings. The molecule has 4 saturated carbocycles. The summed E-state index contributed by atoms with van der Waals surface area (Å²) in [5.41, 5.74) is -2.03. The third kappa shape index (κ3) is 3.07. The fraction of sp³-hybridized carbons (Fsp3) is 1.00. The number of aliphatic hydroxyl groups is 5. The Kier molecular flexibility index (Phi) is 5.19. The second-order valence-corrected chi connectivity index (χ2v) is 13.7. The maximum Gasteiger partial charge on any atom is 0.0830 e. The summed E-state index contributed by atoms with van der Waals surface area (Å²) in [6.07, 6.45) is 4.62. The molecule has 188 valence electrons. The van der Waals surface area contributed by atoms with Gasteiger partial charge in [0.2, 0.25) is 0 Å². The lowest BCUT2D eigenvalue weighted by Gasteiger charge is -2.62. The van der Waals surface area contributed by atoms with Gasteiger partial charge in [-0.25, -0.2) is 0 Å². The average Bonchev–Trinajstić information content (AvgIpc) is 3.01. The van der Waals surface area contributed by atoms with Crippen molar-refractivity contribution in [3.63, 3.8) is 0 Å². The van der Waals surface area contributed by atoms with Crippen LogP contribution in [0.1, 0.15) is 72.1 Å². The Balaban J connectivity index is 1.37. The van der Waals surface area contributed by atoms with Crippen molar-refractivity contribution in [1.29, 1.82) is 0 Å². The molecule has 2 saturated heterocycles. The highest BCUT2D eigenvalue weighted by Gasteiger charge is 2.71. The van der Waals surface area contributed by atoms with E-state index in [9.17, 15) is 25.5 Å². The van der Waals surface area contributed by atoms with E-state index >= 15 is 0 Å². The molecule has 6 nitrogen and oxygen atoms in total. The highest BCUT2D eigenvalue weighted by molar-refractivity contribution is 5.21. The van der Waals surface area contributed by atoms with E-state index in [1.807, 2.05) is 6.92 Å². The van der Waals surface area contributed by atoms with Gasteiger partial charge in [-0.3, -0.25) is 4.90 Å². The van der Waals surface area contributed by atoms with Crippen LogP contribution in [-0.4, -0.2) is 79.1 Å². The zero-order valence-electron chi connectivity index (χ0n) is 20.6. The molecule has 14 atom stereocenters. The summed E-state index contributed by atoms with van der Waals surface area (Å²) in [4.78, 5) is 2.46. The molecular formula is C27H45NO5. The zero-order valence-corrected chi connectivity index (χ0v) is 20.6. The Morgan fingerprint density at radius 2 is 1.55 bits per heavy atom. The van der Waals surface area contributed by atoms with Crippen molar-refractivity contribution in [3.05, 3.63) is 0 Å². The summed E-state index contributed by atoms with van der Waals surface area (Å²) >= 11 is 0. The van der Waals surface area contributed by atoms with Gasteiger partial charge in [-0.1, -0.05) is 13.8 Å². The van der Waals surface area contributed by atoms with Crippen molar-refractivity contribution >= 4 is 0 Å². The van der Waals surface area contributed by atoms with Crippen LogP contribution in [0.4, 0.5) is 0 Å². The maximum atomic E-state index is 12.3. The van der Waals surface area contributed by atoms with E-state index in [4.69, 9.17) is 0 Å². The number of nitrogens with zero attached hydrogens (tertiary/aromatic N) is 1. The van der Waals surface area contributed by atoms with Crippen molar-refractivity contribution in [1.82, 2.24) is 4.90 Å². The molecule has 5 N–H and O–H groups in total. The summed E-state index contributed by atoms with van der Waals surface area (Å²) in [6, 6.07) is 0.0861. The van der Waals surface area contributed by atoms with E-state index in [1.54, 1.807) is 0 Å². The van der Waals surface area contributed by atoms with E-state index in [1.165, 1.54) is 0 Å². The van der Waals surface area contributed by atoms with Gasteiger partial charge >= 0.3 is 0 Å². The van der Waals surface area contributed by atoms with Gasteiger partial charge in [-0.2, -0.15) is 0 Å². The number of aliphatic hydroxyl groups excluding tert-OH is 3. The van der Waals surface area contributed by atoms with Gasteiger partial charge in [0.1, 0.15) is 0 Å². The lowest BCUT2D eigenvalue weighted by molar-refractivity contribution is -0.242. The van der Waals surface area contributed by atoms with Crippen LogP contribution in [0, 0.1) is 46.8 Å². The van der Waals surface area contributed by atoms with Gasteiger partial charge in [0.15, 0.2) is 0 Å². The lowest BCUT2D eigenvalue weighted by atomic mass is 9.50. The second kappa shape index (κ2) is 7.39. The average molecular weight is 464 g/mol. The molecule has 0 radical (unpaired) electrons. The van der Waals surface area contributed by atoms with E-state index in [0.29, 0.717) is 31.1 Å². The maximum absolute atomic E-state index is 12.3. The van der Waals surface area contributed by atoms with Gasteiger partial charge in [0, 0.05) is 31.5 Å². The normalized spacial score (nSPS) is 63.1. The minimum Gasteiger partial charge on any atom is -0.393 e. The summed E-state index contributed by atoms with van der Waals surface area (Å²) in [5, 5.41) is 57.1. The highest BCUT2D eigenvalue weighted by Crippen LogP contribution is 2.68. The highest BCUT2D eigenvalue weighted by atomic mass is 16.3. The number of fused-ring (bicyclic) bond motifs is 8. The van der Waals surface area contributed by atoms with Crippen LogP contribution >= 0.6 is 0 Å². The summed E-state index contributed by atoms with van der Waals surface area (Å²) < 4.78 is 0. The van der Waals surface area contributed by atoms with Crippen molar-refractivity contribution in [2.75, 3.05) is 13.1 Å². The van der Waals surface area contributed by atoms with Gasteiger partial charge in [-0.05, 0) is 92.8 Å². The second-order valence-electron chi connectivity index (χ2n) is 13.7. The van der Waals surface area contributed by atoms with Crippen LogP contribution in [-0.2, 0) is 0 Å². The molecule has 6 heteroatoms. The summed E-state index contributed by atoms with van der Waals surface area (Å²) in [6.45, 7) is 8.34. The number of hydrogen-bond acceptors (Lipinski definition) is 6. The van der Waals surface area contributed by atoms with Crippen LogP contribution < -0.4 is 0 Å². The largest absolute Gasteiger partial charge is 0.393 e. The van der Waals surface area contributed by atoms with Crippen molar-refractivity contribution in [2.45, 2.75) is 108 Å². The van der Waals surface area contributed by atoms with Crippen LogP contribution in [0.15, 0.2) is 0 Å². The molecule has 33 heavy (non-hydrogen) atoms. The monoisotopic (exact) mass is 463 g/mol. The third-order valence-corrected chi connectivity index (χ3v) is 12.1. The molecule has 0 aromatic heterocycles. The van der Waals surface area contributed by atoms with E-state index in [2.05, 4.69) is 18.7 Å². The lowest BCUT2D eigenvalue weighted by Crippen LogP contribution is -2.72. The molecule has 6 rings (SSSR count). The number of rotatable bonds is 0.